The zero-order valence-electron chi connectivity index (χ0n) is 15.2. The van der Waals surface area contributed by atoms with E-state index < -0.39 is 6.10 Å². The Morgan fingerprint density at radius 3 is 2.48 bits per heavy atom. The second kappa shape index (κ2) is 8.37. The number of nitrogens with zero attached hydrogens (tertiary/aromatic N) is 2. The van der Waals surface area contributed by atoms with Gasteiger partial charge in [-0.2, -0.15) is 0 Å². The third-order valence-corrected chi connectivity index (χ3v) is 4.73. The molecule has 1 fully saturated rings. The van der Waals surface area contributed by atoms with Crippen LogP contribution < -0.4 is 9.64 Å². The van der Waals surface area contributed by atoms with Crippen LogP contribution in [-0.4, -0.2) is 55.4 Å². The Kier molecular flexibility index (Phi) is 5.95. The van der Waals surface area contributed by atoms with E-state index in [2.05, 4.69) is 41.0 Å². The molecule has 134 valence electrons. The third-order valence-electron chi connectivity index (χ3n) is 4.73. The number of anilines is 1. The number of aliphatic hydroxyl groups is 1. The van der Waals surface area contributed by atoms with Crippen molar-refractivity contribution in [3.05, 3.63) is 59.7 Å². The van der Waals surface area contributed by atoms with Gasteiger partial charge < -0.3 is 14.7 Å². The molecule has 0 saturated carbocycles. The maximum atomic E-state index is 10.3. The number of β-amino-alcohol motifs (C(OH)–C–C–N with tert-alkyl or cyclic N) is 1. The summed E-state index contributed by atoms with van der Waals surface area (Å²) < 4.78 is 5.76. The van der Waals surface area contributed by atoms with E-state index in [-0.39, 0.29) is 0 Å². The summed E-state index contributed by atoms with van der Waals surface area (Å²) in [5, 5.41) is 10.3. The molecule has 2 aromatic carbocycles. The van der Waals surface area contributed by atoms with E-state index in [0.29, 0.717) is 13.2 Å². The maximum absolute atomic E-state index is 10.3. The molecule has 25 heavy (non-hydrogen) atoms. The average molecular weight is 340 g/mol. The highest BCUT2D eigenvalue weighted by molar-refractivity contribution is 5.48. The molecule has 1 aliphatic rings. The van der Waals surface area contributed by atoms with Gasteiger partial charge in [0.1, 0.15) is 18.5 Å². The molecule has 0 bridgehead atoms. The first-order chi connectivity index (χ1) is 12.1. The lowest BCUT2D eigenvalue weighted by atomic mass is 10.2. The van der Waals surface area contributed by atoms with Crippen LogP contribution in [-0.2, 0) is 0 Å². The number of benzene rings is 2. The van der Waals surface area contributed by atoms with Crippen molar-refractivity contribution >= 4 is 5.69 Å². The molecule has 1 saturated heterocycles. The van der Waals surface area contributed by atoms with Gasteiger partial charge in [-0.05, 0) is 43.2 Å². The lowest BCUT2D eigenvalue weighted by molar-refractivity contribution is 0.0661. The Morgan fingerprint density at radius 2 is 1.76 bits per heavy atom. The molecule has 3 rings (SSSR count). The fourth-order valence-corrected chi connectivity index (χ4v) is 3.27. The summed E-state index contributed by atoms with van der Waals surface area (Å²) in [5.41, 5.74) is 3.69. The van der Waals surface area contributed by atoms with Crippen molar-refractivity contribution in [3.8, 4) is 5.75 Å². The maximum Gasteiger partial charge on any atom is 0.122 e. The predicted octanol–water partition coefficient (Wildman–Crippen LogP) is 2.87. The molecule has 1 heterocycles. The van der Waals surface area contributed by atoms with Gasteiger partial charge in [-0.1, -0.05) is 30.3 Å². The third kappa shape index (κ3) is 4.97. The number of aryl methyl sites for hydroxylation is 2. The molecule has 0 amide bonds. The van der Waals surface area contributed by atoms with E-state index in [1.165, 1.54) is 11.3 Å². The Morgan fingerprint density at radius 1 is 1.00 bits per heavy atom. The molecule has 0 aromatic heterocycles. The van der Waals surface area contributed by atoms with Crippen molar-refractivity contribution in [2.24, 2.45) is 0 Å². The zero-order valence-corrected chi connectivity index (χ0v) is 15.2. The van der Waals surface area contributed by atoms with Crippen LogP contribution in [0.2, 0.25) is 0 Å². The molecule has 4 nitrogen and oxygen atoms in total. The second-order valence-electron chi connectivity index (χ2n) is 6.86. The predicted molar refractivity (Wildman–Crippen MR) is 103 cm³/mol. The quantitative estimate of drug-likeness (QED) is 0.877. The fraction of sp³-hybridized carbons (Fsp3) is 0.429. The molecule has 0 spiro atoms. The lowest BCUT2D eigenvalue weighted by Crippen LogP contribution is -2.49. The number of rotatable bonds is 6. The second-order valence-corrected chi connectivity index (χ2v) is 6.86. The molecule has 2 aromatic rings. The lowest BCUT2D eigenvalue weighted by Gasteiger charge is -2.37. The topological polar surface area (TPSA) is 35.9 Å². The Bertz CT molecular complexity index is 681. The number of piperazine rings is 1. The normalized spacial score (nSPS) is 16.7. The summed E-state index contributed by atoms with van der Waals surface area (Å²) in [4.78, 5) is 4.73. The minimum atomic E-state index is -0.467. The minimum Gasteiger partial charge on any atom is -0.491 e. The van der Waals surface area contributed by atoms with Crippen LogP contribution in [0.15, 0.2) is 48.5 Å². The van der Waals surface area contributed by atoms with Crippen molar-refractivity contribution < 1.29 is 9.84 Å². The van der Waals surface area contributed by atoms with Crippen LogP contribution in [0.4, 0.5) is 5.69 Å². The number of aliphatic hydroxyl groups excluding tert-OH is 1. The largest absolute Gasteiger partial charge is 0.491 e. The van der Waals surface area contributed by atoms with E-state index in [0.717, 1.165) is 37.5 Å². The highest BCUT2D eigenvalue weighted by atomic mass is 16.5. The van der Waals surface area contributed by atoms with Crippen molar-refractivity contribution in [2.75, 3.05) is 44.2 Å². The molecule has 4 heteroatoms. The fourth-order valence-electron chi connectivity index (χ4n) is 3.27. The van der Waals surface area contributed by atoms with Crippen LogP contribution in [0.1, 0.15) is 11.1 Å². The molecule has 1 aliphatic heterocycles. The van der Waals surface area contributed by atoms with Gasteiger partial charge in [-0.3, -0.25) is 4.90 Å². The van der Waals surface area contributed by atoms with Crippen LogP contribution in [0.3, 0.4) is 0 Å². The van der Waals surface area contributed by atoms with Gasteiger partial charge in [0, 0.05) is 38.4 Å². The number of hydrogen-bond donors (Lipinski definition) is 1. The van der Waals surface area contributed by atoms with Gasteiger partial charge in [0.15, 0.2) is 0 Å². The van der Waals surface area contributed by atoms with Gasteiger partial charge in [0.05, 0.1) is 0 Å². The van der Waals surface area contributed by atoms with E-state index >= 15 is 0 Å². The van der Waals surface area contributed by atoms with E-state index in [9.17, 15) is 5.11 Å². The van der Waals surface area contributed by atoms with Gasteiger partial charge in [-0.25, -0.2) is 0 Å². The molecule has 0 unspecified atom stereocenters. The summed E-state index contributed by atoms with van der Waals surface area (Å²) in [6.07, 6.45) is -0.467. The van der Waals surface area contributed by atoms with Crippen molar-refractivity contribution in [2.45, 2.75) is 20.0 Å². The Balaban J connectivity index is 1.43. The van der Waals surface area contributed by atoms with Crippen LogP contribution in [0, 0.1) is 13.8 Å². The van der Waals surface area contributed by atoms with Crippen LogP contribution in [0.25, 0.3) is 0 Å². The van der Waals surface area contributed by atoms with E-state index in [4.69, 9.17) is 4.74 Å². The van der Waals surface area contributed by atoms with E-state index in [1.54, 1.807) is 0 Å². The number of para-hydroxylation sites is 1. The first-order valence-electron chi connectivity index (χ1n) is 9.02. The van der Waals surface area contributed by atoms with Gasteiger partial charge >= 0.3 is 0 Å². The van der Waals surface area contributed by atoms with Crippen molar-refractivity contribution in [1.29, 1.82) is 0 Å². The first-order valence-corrected chi connectivity index (χ1v) is 9.02. The molecule has 1 atom stereocenters. The van der Waals surface area contributed by atoms with Crippen LogP contribution in [0.5, 0.6) is 5.75 Å². The van der Waals surface area contributed by atoms with Gasteiger partial charge in [0.2, 0.25) is 0 Å². The standard InChI is InChI=1S/C21H28N2O2/c1-17-6-5-8-19(14-17)23-12-10-22(11-13-23)15-20(24)16-25-21-9-4-3-7-18(21)2/h3-9,14,20,24H,10-13,15-16H2,1-2H3/t20-/m0/s1. The summed E-state index contributed by atoms with van der Waals surface area (Å²) in [6, 6.07) is 16.6. The Hall–Kier alpha value is -2.04. The first kappa shape index (κ1) is 17.8. The zero-order chi connectivity index (χ0) is 17.6. The summed E-state index contributed by atoms with van der Waals surface area (Å²) in [5.74, 6) is 0.853. The van der Waals surface area contributed by atoms with Crippen molar-refractivity contribution in [1.82, 2.24) is 4.90 Å². The van der Waals surface area contributed by atoms with Gasteiger partial charge in [0.25, 0.3) is 0 Å². The van der Waals surface area contributed by atoms with E-state index in [1.807, 2.05) is 31.2 Å². The summed E-state index contributed by atoms with van der Waals surface area (Å²) in [7, 11) is 0. The number of ether oxygens (including phenoxy) is 1. The van der Waals surface area contributed by atoms with Gasteiger partial charge in [-0.15, -0.1) is 0 Å². The van der Waals surface area contributed by atoms with Crippen LogP contribution >= 0.6 is 0 Å². The average Bonchev–Trinajstić information content (AvgIpc) is 2.62. The van der Waals surface area contributed by atoms with Crippen molar-refractivity contribution in [3.63, 3.8) is 0 Å². The summed E-state index contributed by atoms with van der Waals surface area (Å²) >= 11 is 0. The number of hydrogen-bond acceptors (Lipinski definition) is 4. The highest BCUT2D eigenvalue weighted by Crippen LogP contribution is 2.18. The monoisotopic (exact) mass is 340 g/mol. The summed E-state index contributed by atoms with van der Waals surface area (Å²) in [6.45, 7) is 9.07. The molecular formula is C21H28N2O2. The molecule has 0 radical (unpaired) electrons. The Labute approximate surface area is 150 Å². The molecule has 1 N–H and O–H groups in total. The smallest absolute Gasteiger partial charge is 0.122 e. The minimum absolute atomic E-state index is 0.336. The molecular weight excluding hydrogens is 312 g/mol. The molecule has 0 aliphatic carbocycles. The highest BCUT2D eigenvalue weighted by Gasteiger charge is 2.20. The SMILES string of the molecule is Cc1cccc(N2CCN(C[C@H](O)COc3ccccc3C)CC2)c1.